The van der Waals surface area contributed by atoms with Gasteiger partial charge in [-0.1, -0.05) is 18.2 Å². The molecule has 8 nitrogen and oxygen atoms in total. The molecule has 2 aromatic rings. The summed E-state index contributed by atoms with van der Waals surface area (Å²) in [6, 6.07) is 10.7. The number of nitro groups is 1. The van der Waals surface area contributed by atoms with Crippen molar-refractivity contribution in [3.05, 3.63) is 69.3 Å². The first-order valence-corrected chi connectivity index (χ1v) is 7.86. The number of aryl methyl sites for hydroxylation is 1. The first kappa shape index (κ1) is 19.1. The van der Waals surface area contributed by atoms with Crippen LogP contribution in [-0.2, 0) is 4.74 Å². The molecule has 0 unspecified atom stereocenters. The molecule has 0 aliphatic heterocycles. The smallest absolute Gasteiger partial charge is 0.273 e. The van der Waals surface area contributed by atoms with Crippen LogP contribution in [0.2, 0.25) is 0 Å². The van der Waals surface area contributed by atoms with Crippen molar-refractivity contribution in [2.75, 3.05) is 25.6 Å². The van der Waals surface area contributed by atoms with Crippen molar-refractivity contribution in [2.45, 2.75) is 6.92 Å². The van der Waals surface area contributed by atoms with Crippen LogP contribution >= 0.6 is 0 Å². The molecule has 0 aromatic heterocycles. The van der Waals surface area contributed by atoms with Crippen molar-refractivity contribution >= 4 is 23.2 Å². The van der Waals surface area contributed by atoms with Crippen LogP contribution in [0.1, 0.15) is 26.3 Å². The molecule has 0 aliphatic carbocycles. The van der Waals surface area contributed by atoms with E-state index in [0.717, 1.165) is 0 Å². The highest BCUT2D eigenvalue weighted by atomic mass is 16.6. The van der Waals surface area contributed by atoms with E-state index in [0.29, 0.717) is 30.0 Å². The predicted molar refractivity (Wildman–Crippen MR) is 96.4 cm³/mol. The number of ether oxygens (including phenoxy) is 1. The molecule has 0 radical (unpaired) electrons. The SMILES string of the molecule is COCCNC(=O)c1ccccc1NC(=O)c1ccc(C)c([N+](=O)[O-])c1. The highest BCUT2D eigenvalue weighted by Crippen LogP contribution is 2.21. The predicted octanol–water partition coefficient (Wildman–Crippen LogP) is 2.53. The average molecular weight is 357 g/mol. The molecule has 2 aromatic carbocycles. The number of hydrogen-bond donors (Lipinski definition) is 2. The summed E-state index contributed by atoms with van der Waals surface area (Å²) in [6.45, 7) is 2.30. The number of nitrogens with one attached hydrogen (secondary N) is 2. The molecule has 0 saturated carbocycles. The summed E-state index contributed by atoms with van der Waals surface area (Å²) in [5.74, 6) is -0.891. The fourth-order valence-corrected chi connectivity index (χ4v) is 2.29. The van der Waals surface area contributed by atoms with Gasteiger partial charge in [0.05, 0.1) is 22.8 Å². The van der Waals surface area contributed by atoms with E-state index in [4.69, 9.17) is 4.74 Å². The van der Waals surface area contributed by atoms with Crippen LogP contribution in [0.4, 0.5) is 11.4 Å². The fourth-order valence-electron chi connectivity index (χ4n) is 2.29. The Balaban J connectivity index is 2.21. The minimum Gasteiger partial charge on any atom is -0.383 e. The molecule has 0 aliphatic rings. The fraction of sp³-hybridized carbons (Fsp3) is 0.222. The van der Waals surface area contributed by atoms with Crippen LogP contribution in [0.5, 0.6) is 0 Å². The number of anilines is 1. The van der Waals surface area contributed by atoms with Crippen molar-refractivity contribution in [1.29, 1.82) is 0 Å². The number of carbonyl (C=O) groups excluding carboxylic acids is 2. The Morgan fingerprint density at radius 3 is 2.58 bits per heavy atom. The maximum atomic E-state index is 12.4. The van der Waals surface area contributed by atoms with E-state index in [2.05, 4.69) is 10.6 Å². The number of rotatable bonds is 7. The highest BCUT2D eigenvalue weighted by molar-refractivity contribution is 6.09. The summed E-state index contributed by atoms with van der Waals surface area (Å²) in [7, 11) is 1.53. The third kappa shape index (κ3) is 4.64. The van der Waals surface area contributed by atoms with Crippen LogP contribution in [0, 0.1) is 17.0 Å². The Kier molecular flexibility index (Phi) is 6.40. The summed E-state index contributed by atoms with van der Waals surface area (Å²) >= 11 is 0. The Labute approximate surface area is 150 Å². The molecule has 0 fully saturated rings. The number of hydrogen-bond acceptors (Lipinski definition) is 5. The number of nitrogens with zero attached hydrogens (tertiary/aromatic N) is 1. The van der Waals surface area contributed by atoms with Crippen molar-refractivity contribution in [1.82, 2.24) is 5.32 Å². The van der Waals surface area contributed by atoms with Gasteiger partial charge in [-0.05, 0) is 25.1 Å². The van der Waals surface area contributed by atoms with Crippen LogP contribution in [0.15, 0.2) is 42.5 Å². The van der Waals surface area contributed by atoms with E-state index in [9.17, 15) is 19.7 Å². The Bertz CT molecular complexity index is 835. The molecule has 0 bridgehead atoms. The molecule has 0 saturated heterocycles. The van der Waals surface area contributed by atoms with Crippen molar-refractivity contribution in [3.8, 4) is 0 Å². The Morgan fingerprint density at radius 2 is 1.88 bits per heavy atom. The lowest BCUT2D eigenvalue weighted by molar-refractivity contribution is -0.385. The zero-order chi connectivity index (χ0) is 19.1. The zero-order valence-corrected chi connectivity index (χ0v) is 14.4. The molecular weight excluding hydrogens is 338 g/mol. The van der Waals surface area contributed by atoms with Crippen LogP contribution in [0.25, 0.3) is 0 Å². The summed E-state index contributed by atoms with van der Waals surface area (Å²) in [6.07, 6.45) is 0. The van der Waals surface area contributed by atoms with E-state index in [-0.39, 0.29) is 17.2 Å². The molecule has 26 heavy (non-hydrogen) atoms. The molecule has 8 heteroatoms. The van der Waals surface area contributed by atoms with Gasteiger partial charge in [0.15, 0.2) is 0 Å². The average Bonchev–Trinajstić information content (AvgIpc) is 2.62. The number of amides is 2. The quantitative estimate of drug-likeness (QED) is 0.449. The molecule has 0 atom stereocenters. The lowest BCUT2D eigenvalue weighted by Crippen LogP contribution is -2.28. The normalized spacial score (nSPS) is 10.2. The van der Waals surface area contributed by atoms with Crippen molar-refractivity contribution in [2.24, 2.45) is 0 Å². The van der Waals surface area contributed by atoms with E-state index in [1.165, 1.54) is 25.3 Å². The van der Waals surface area contributed by atoms with Crippen molar-refractivity contribution < 1.29 is 19.2 Å². The van der Waals surface area contributed by atoms with Gasteiger partial charge < -0.3 is 15.4 Å². The maximum absolute atomic E-state index is 12.4. The van der Waals surface area contributed by atoms with Gasteiger partial charge in [0.25, 0.3) is 17.5 Å². The number of nitro benzene ring substituents is 1. The molecule has 0 heterocycles. The topological polar surface area (TPSA) is 111 Å². The number of benzene rings is 2. The highest BCUT2D eigenvalue weighted by Gasteiger charge is 2.17. The third-order valence-electron chi connectivity index (χ3n) is 3.68. The minimum atomic E-state index is -0.538. The first-order valence-electron chi connectivity index (χ1n) is 7.86. The van der Waals surface area contributed by atoms with Crippen molar-refractivity contribution in [3.63, 3.8) is 0 Å². The van der Waals surface area contributed by atoms with Crippen LogP contribution in [0.3, 0.4) is 0 Å². The second-order valence-electron chi connectivity index (χ2n) is 5.51. The minimum absolute atomic E-state index is 0.136. The van der Waals surface area contributed by atoms with Gasteiger partial charge >= 0.3 is 0 Å². The monoisotopic (exact) mass is 357 g/mol. The molecule has 2 amide bonds. The molecule has 0 spiro atoms. The second kappa shape index (κ2) is 8.72. The molecule has 2 N–H and O–H groups in total. The molecule has 2 rings (SSSR count). The van der Waals surface area contributed by atoms with E-state index >= 15 is 0 Å². The number of para-hydroxylation sites is 1. The van der Waals surface area contributed by atoms with Gasteiger partial charge in [-0.25, -0.2) is 0 Å². The third-order valence-corrected chi connectivity index (χ3v) is 3.68. The molecular formula is C18H19N3O5. The van der Waals surface area contributed by atoms with E-state index in [1.807, 2.05) is 0 Å². The van der Waals surface area contributed by atoms with E-state index in [1.54, 1.807) is 31.2 Å². The second-order valence-corrected chi connectivity index (χ2v) is 5.51. The van der Waals surface area contributed by atoms with Gasteiger partial charge in [-0.15, -0.1) is 0 Å². The van der Waals surface area contributed by atoms with Gasteiger partial charge in [0.2, 0.25) is 0 Å². The van der Waals surface area contributed by atoms with Gasteiger partial charge in [-0.3, -0.25) is 19.7 Å². The Hall–Kier alpha value is -3.26. The number of carbonyl (C=O) groups is 2. The van der Waals surface area contributed by atoms with Gasteiger partial charge in [-0.2, -0.15) is 0 Å². The Morgan fingerprint density at radius 1 is 1.15 bits per heavy atom. The summed E-state index contributed by atoms with van der Waals surface area (Å²) in [4.78, 5) is 35.2. The summed E-state index contributed by atoms with van der Waals surface area (Å²) in [5.41, 5.74) is 1.07. The van der Waals surface area contributed by atoms with E-state index < -0.39 is 10.8 Å². The lowest BCUT2D eigenvalue weighted by Gasteiger charge is -2.11. The number of methoxy groups -OCH3 is 1. The first-order chi connectivity index (χ1) is 12.4. The largest absolute Gasteiger partial charge is 0.383 e. The van der Waals surface area contributed by atoms with Gasteiger partial charge in [0.1, 0.15) is 0 Å². The lowest BCUT2D eigenvalue weighted by atomic mass is 10.1. The maximum Gasteiger partial charge on any atom is 0.273 e. The zero-order valence-electron chi connectivity index (χ0n) is 14.4. The molecule has 136 valence electrons. The van der Waals surface area contributed by atoms with Crippen LogP contribution < -0.4 is 10.6 Å². The standard InChI is InChI=1S/C18H19N3O5/c1-12-7-8-13(11-16(12)21(24)25)17(22)20-15-6-4-3-5-14(15)18(23)19-9-10-26-2/h3-8,11H,9-10H2,1-2H3,(H,19,23)(H,20,22). The summed E-state index contributed by atoms with van der Waals surface area (Å²) in [5, 5.41) is 16.3. The van der Waals surface area contributed by atoms with Crippen LogP contribution in [-0.4, -0.2) is 37.0 Å². The van der Waals surface area contributed by atoms with Gasteiger partial charge in [0, 0.05) is 30.8 Å². The summed E-state index contributed by atoms with van der Waals surface area (Å²) < 4.78 is 4.88.